The highest BCUT2D eigenvalue weighted by Gasteiger charge is 2.24. The second-order valence-electron chi connectivity index (χ2n) is 4.06. The van der Waals surface area contributed by atoms with E-state index >= 15 is 0 Å². The van der Waals surface area contributed by atoms with Crippen LogP contribution in [0.4, 0.5) is 0 Å². The van der Waals surface area contributed by atoms with Crippen LogP contribution in [0.1, 0.15) is 17.4 Å². The van der Waals surface area contributed by atoms with Crippen molar-refractivity contribution in [1.82, 2.24) is 14.8 Å². The Hall–Kier alpha value is -1.29. The zero-order valence-corrected chi connectivity index (χ0v) is 9.23. The summed E-state index contributed by atoms with van der Waals surface area (Å²) >= 11 is 0. The molecule has 82 valence electrons. The maximum absolute atomic E-state index is 12.2. The Bertz CT molecular complexity index is 358. The molecule has 15 heavy (non-hydrogen) atoms. The molecule has 1 aromatic rings. The third-order valence-corrected chi connectivity index (χ3v) is 2.93. The number of nitrogens with one attached hydrogen (secondary N) is 1. The summed E-state index contributed by atoms with van der Waals surface area (Å²) in [4.78, 5) is 14.1. The van der Waals surface area contributed by atoms with Crippen LogP contribution in [-0.4, -0.2) is 41.1 Å². The number of piperazine rings is 1. The Kier molecular flexibility index (Phi) is 2.77. The number of hydrogen-bond acceptors (Lipinski definition) is 2. The van der Waals surface area contributed by atoms with Gasteiger partial charge in [-0.05, 0) is 19.1 Å². The lowest BCUT2D eigenvalue weighted by Crippen LogP contribution is -2.52. The van der Waals surface area contributed by atoms with E-state index in [9.17, 15) is 4.79 Å². The Morgan fingerprint density at radius 1 is 1.60 bits per heavy atom. The molecule has 0 aliphatic carbocycles. The molecule has 1 N–H and O–H groups in total. The van der Waals surface area contributed by atoms with E-state index in [0.717, 1.165) is 25.3 Å². The molecule has 0 aromatic carbocycles. The molecule has 0 bridgehead atoms. The van der Waals surface area contributed by atoms with Crippen molar-refractivity contribution in [3.63, 3.8) is 0 Å². The van der Waals surface area contributed by atoms with Crippen LogP contribution >= 0.6 is 0 Å². The zero-order valence-electron chi connectivity index (χ0n) is 9.23. The van der Waals surface area contributed by atoms with Gasteiger partial charge in [0.15, 0.2) is 0 Å². The first-order chi connectivity index (χ1) is 7.20. The third-order valence-electron chi connectivity index (χ3n) is 2.93. The van der Waals surface area contributed by atoms with Gasteiger partial charge in [-0.1, -0.05) is 0 Å². The van der Waals surface area contributed by atoms with E-state index < -0.39 is 0 Å². The topological polar surface area (TPSA) is 37.3 Å². The van der Waals surface area contributed by atoms with Gasteiger partial charge in [-0.25, -0.2) is 0 Å². The van der Waals surface area contributed by atoms with Crippen molar-refractivity contribution >= 4 is 5.91 Å². The first kappa shape index (κ1) is 10.2. The molecule has 1 aromatic heterocycles. The predicted molar refractivity (Wildman–Crippen MR) is 58.8 cm³/mol. The SMILES string of the molecule is CC1CNCCN1C(=O)c1cccn1C. The molecule has 4 heteroatoms. The molecule has 1 unspecified atom stereocenters. The highest BCUT2D eigenvalue weighted by atomic mass is 16.2. The molecule has 2 rings (SSSR count). The van der Waals surface area contributed by atoms with Crippen molar-refractivity contribution in [3.05, 3.63) is 24.0 Å². The standard InChI is InChI=1S/C11H17N3O/c1-9-8-12-5-7-14(9)11(15)10-4-3-6-13(10)2/h3-4,6,9,12H,5,7-8H2,1-2H3. The molecule has 1 saturated heterocycles. The second-order valence-corrected chi connectivity index (χ2v) is 4.06. The molecule has 1 amide bonds. The van der Waals surface area contributed by atoms with Gasteiger partial charge in [0, 0.05) is 38.9 Å². The van der Waals surface area contributed by atoms with E-state index in [-0.39, 0.29) is 11.9 Å². The van der Waals surface area contributed by atoms with Crippen LogP contribution in [0.25, 0.3) is 0 Å². The van der Waals surface area contributed by atoms with E-state index in [1.165, 1.54) is 0 Å². The minimum atomic E-state index is 0.136. The Labute approximate surface area is 89.9 Å². The second kappa shape index (κ2) is 4.06. The average Bonchev–Trinajstić information content (AvgIpc) is 2.64. The number of amides is 1. The number of carbonyl (C=O) groups is 1. The highest BCUT2D eigenvalue weighted by molar-refractivity contribution is 5.93. The number of aryl methyl sites for hydroxylation is 1. The molecule has 0 saturated carbocycles. The number of rotatable bonds is 1. The molecule has 2 heterocycles. The van der Waals surface area contributed by atoms with Gasteiger partial charge in [-0.3, -0.25) is 4.79 Å². The summed E-state index contributed by atoms with van der Waals surface area (Å²) in [5.41, 5.74) is 0.767. The summed E-state index contributed by atoms with van der Waals surface area (Å²) in [7, 11) is 1.90. The van der Waals surface area contributed by atoms with Crippen molar-refractivity contribution in [2.24, 2.45) is 7.05 Å². The van der Waals surface area contributed by atoms with E-state index in [4.69, 9.17) is 0 Å². The van der Waals surface area contributed by atoms with Gasteiger partial charge in [0.1, 0.15) is 5.69 Å². The minimum absolute atomic E-state index is 0.136. The number of carbonyl (C=O) groups excluding carboxylic acids is 1. The number of hydrogen-bond donors (Lipinski definition) is 1. The van der Waals surface area contributed by atoms with Gasteiger partial charge < -0.3 is 14.8 Å². The zero-order chi connectivity index (χ0) is 10.8. The molecular weight excluding hydrogens is 190 g/mol. The third kappa shape index (κ3) is 1.90. The highest BCUT2D eigenvalue weighted by Crippen LogP contribution is 2.10. The van der Waals surface area contributed by atoms with Gasteiger partial charge in [0.2, 0.25) is 0 Å². The number of nitrogens with zero attached hydrogens (tertiary/aromatic N) is 2. The summed E-state index contributed by atoms with van der Waals surface area (Å²) in [6.07, 6.45) is 1.90. The Morgan fingerprint density at radius 3 is 3.00 bits per heavy atom. The summed E-state index contributed by atoms with van der Waals surface area (Å²) in [5, 5.41) is 3.28. The van der Waals surface area contributed by atoms with Crippen LogP contribution in [0, 0.1) is 0 Å². The van der Waals surface area contributed by atoms with Gasteiger partial charge in [0.25, 0.3) is 5.91 Å². The first-order valence-electron chi connectivity index (χ1n) is 5.33. The van der Waals surface area contributed by atoms with Crippen LogP contribution in [-0.2, 0) is 7.05 Å². The monoisotopic (exact) mass is 207 g/mol. The lowest BCUT2D eigenvalue weighted by molar-refractivity contribution is 0.0646. The molecule has 1 aliphatic heterocycles. The van der Waals surface area contributed by atoms with E-state index in [2.05, 4.69) is 12.2 Å². The summed E-state index contributed by atoms with van der Waals surface area (Å²) in [6.45, 7) is 4.65. The maximum Gasteiger partial charge on any atom is 0.270 e. The van der Waals surface area contributed by atoms with E-state index in [1.54, 1.807) is 0 Å². The van der Waals surface area contributed by atoms with Crippen molar-refractivity contribution in [3.8, 4) is 0 Å². The van der Waals surface area contributed by atoms with Gasteiger partial charge in [-0.15, -0.1) is 0 Å². The summed E-state index contributed by atoms with van der Waals surface area (Å²) in [5.74, 6) is 0.136. The van der Waals surface area contributed by atoms with Crippen LogP contribution < -0.4 is 5.32 Å². The maximum atomic E-state index is 12.2. The Morgan fingerprint density at radius 2 is 2.40 bits per heavy atom. The van der Waals surface area contributed by atoms with E-state index in [1.807, 2.05) is 34.8 Å². The molecule has 0 radical (unpaired) electrons. The van der Waals surface area contributed by atoms with Crippen LogP contribution in [0.2, 0.25) is 0 Å². The fourth-order valence-corrected chi connectivity index (χ4v) is 1.97. The van der Waals surface area contributed by atoms with Gasteiger partial charge >= 0.3 is 0 Å². The summed E-state index contributed by atoms with van der Waals surface area (Å²) < 4.78 is 1.87. The van der Waals surface area contributed by atoms with Crippen molar-refractivity contribution in [1.29, 1.82) is 0 Å². The average molecular weight is 207 g/mol. The van der Waals surface area contributed by atoms with Crippen molar-refractivity contribution < 1.29 is 4.79 Å². The normalized spacial score (nSPS) is 21.7. The van der Waals surface area contributed by atoms with E-state index in [0.29, 0.717) is 0 Å². The van der Waals surface area contributed by atoms with Gasteiger partial charge in [-0.2, -0.15) is 0 Å². The molecular formula is C11H17N3O. The molecule has 1 aliphatic rings. The molecule has 0 spiro atoms. The fourth-order valence-electron chi connectivity index (χ4n) is 1.97. The largest absolute Gasteiger partial charge is 0.347 e. The predicted octanol–water partition coefficient (Wildman–Crippen LogP) is 0.459. The van der Waals surface area contributed by atoms with Crippen LogP contribution in [0.5, 0.6) is 0 Å². The smallest absolute Gasteiger partial charge is 0.270 e. The fraction of sp³-hybridized carbons (Fsp3) is 0.545. The quantitative estimate of drug-likeness (QED) is 0.726. The van der Waals surface area contributed by atoms with Crippen LogP contribution in [0.15, 0.2) is 18.3 Å². The molecule has 1 fully saturated rings. The number of aromatic nitrogens is 1. The van der Waals surface area contributed by atoms with Gasteiger partial charge in [0.05, 0.1) is 0 Å². The van der Waals surface area contributed by atoms with Crippen LogP contribution in [0.3, 0.4) is 0 Å². The molecule has 1 atom stereocenters. The lowest BCUT2D eigenvalue weighted by atomic mass is 10.2. The lowest BCUT2D eigenvalue weighted by Gasteiger charge is -2.34. The first-order valence-corrected chi connectivity index (χ1v) is 5.33. The van der Waals surface area contributed by atoms with Crippen molar-refractivity contribution in [2.45, 2.75) is 13.0 Å². The van der Waals surface area contributed by atoms with Crippen molar-refractivity contribution in [2.75, 3.05) is 19.6 Å². The summed E-state index contributed by atoms with van der Waals surface area (Å²) in [6, 6.07) is 4.05. The Balaban J connectivity index is 2.17. The minimum Gasteiger partial charge on any atom is -0.347 e. The molecule has 4 nitrogen and oxygen atoms in total.